The van der Waals surface area contributed by atoms with Gasteiger partial charge in [0, 0.05) is 35.8 Å². The molecule has 0 unspecified atom stereocenters. The summed E-state index contributed by atoms with van der Waals surface area (Å²) in [5.74, 6) is 0.935. The minimum atomic E-state index is 0.805. The Bertz CT molecular complexity index is 1050. The van der Waals surface area contributed by atoms with E-state index in [4.69, 9.17) is 9.72 Å². The zero-order valence-electron chi connectivity index (χ0n) is 15.8. The number of rotatable bonds is 6. The fourth-order valence-corrected chi connectivity index (χ4v) is 4.18. The molecule has 0 N–H and O–H groups in total. The molecule has 27 heavy (non-hydrogen) atoms. The average molecular weight is 378 g/mol. The number of hydrogen-bond donors (Lipinski definition) is 0. The summed E-state index contributed by atoms with van der Waals surface area (Å²) in [5, 5.41) is 2.09. The second-order valence-corrected chi connectivity index (χ2v) is 7.69. The van der Waals surface area contributed by atoms with E-state index in [0.717, 1.165) is 35.1 Å². The number of methoxy groups -OCH3 is 1. The molecule has 0 bridgehead atoms. The van der Waals surface area contributed by atoms with Crippen LogP contribution < -0.4 is 4.74 Å². The second-order valence-electron chi connectivity index (χ2n) is 6.82. The van der Waals surface area contributed by atoms with Crippen molar-refractivity contribution in [2.45, 2.75) is 20.0 Å². The molecule has 4 nitrogen and oxygen atoms in total. The molecule has 0 fully saturated rings. The van der Waals surface area contributed by atoms with Crippen molar-refractivity contribution in [1.29, 1.82) is 0 Å². The van der Waals surface area contributed by atoms with E-state index in [1.165, 1.54) is 16.8 Å². The first-order chi connectivity index (χ1) is 13.2. The average Bonchev–Trinajstić information content (AvgIpc) is 3.25. The molecule has 0 amide bonds. The molecule has 2 aromatic carbocycles. The Labute approximate surface area is 163 Å². The maximum Gasteiger partial charge on any atom is 0.194 e. The predicted molar refractivity (Wildman–Crippen MR) is 111 cm³/mol. The number of nitrogens with zero attached hydrogens (tertiary/aromatic N) is 3. The predicted octanol–water partition coefficient (Wildman–Crippen LogP) is 5.01. The van der Waals surface area contributed by atoms with Crippen LogP contribution in [-0.4, -0.2) is 28.4 Å². The maximum absolute atomic E-state index is 5.54. The van der Waals surface area contributed by atoms with Gasteiger partial charge in [-0.2, -0.15) is 0 Å². The maximum atomic E-state index is 5.54. The Kier molecular flexibility index (Phi) is 4.97. The van der Waals surface area contributed by atoms with Crippen LogP contribution in [0.4, 0.5) is 0 Å². The molecule has 0 atom stereocenters. The van der Waals surface area contributed by atoms with E-state index in [1.54, 1.807) is 18.4 Å². The quantitative estimate of drug-likeness (QED) is 0.473. The van der Waals surface area contributed by atoms with Gasteiger partial charge in [0.15, 0.2) is 4.96 Å². The highest BCUT2D eigenvalue weighted by Gasteiger charge is 2.17. The minimum Gasteiger partial charge on any atom is -0.496 e. The second kappa shape index (κ2) is 7.55. The standard InChI is InChI=1S/C22H23N3OS/c1-16-9-10-20(26-3)18(13-16)14-24(2)15-19-21(17-7-5-4-6-8-17)23-22-25(19)11-12-27-22/h4-13H,14-15H2,1-3H3. The van der Waals surface area contributed by atoms with E-state index < -0.39 is 0 Å². The summed E-state index contributed by atoms with van der Waals surface area (Å²) in [6.07, 6.45) is 2.11. The Hall–Kier alpha value is -2.63. The van der Waals surface area contributed by atoms with Crippen LogP contribution in [0.15, 0.2) is 60.1 Å². The molecular weight excluding hydrogens is 354 g/mol. The first kappa shape index (κ1) is 17.8. The first-order valence-electron chi connectivity index (χ1n) is 8.97. The molecule has 0 saturated carbocycles. The van der Waals surface area contributed by atoms with Crippen molar-refractivity contribution >= 4 is 16.3 Å². The monoisotopic (exact) mass is 377 g/mol. The first-order valence-corrected chi connectivity index (χ1v) is 9.85. The van der Waals surface area contributed by atoms with Crippen molar-refractivity contribution in [2.24, 2.45) is 0 Å². The third-order valence-electron chi connectivity index (χ3n) is 4.70. The lowest BCUT2D eigenvalue weighted by molar-refractivity contribution is 0.306. The van der Waals surface area contributed by atoms with Crippen molar-refractivity contribution in [1.82, 2.24) is 14.3 Å². The van der Waals surface area contributed by atoms with Gasteiger partial charge in [0.25, 0.3) is 0 Å². The Morgan fingerprint density at radius 3 is 2.70 bits per heavy atom. The van der Waals surface area contributed by atoms with E-state index in [-0.39, 0.29) is 0 Å². The SMILES string of the molecule is COc1ccc(C)cc1CN(C)Cc1c(-c2ccccc2)nc2sccn12. The van der Waals surface area contributed by atoms with E-state index >= 15 is 0 Å². The van der Waals surface area contributed by atoms with Crippen molar-refractivity contribution in [3.05, 3.63) is 76.9 Å². The summed E-state index contributed by atoms with van der Waals surface area (Å²) < 4.78 is 7.75. The molecule has 2 aromatic heterocycles. The minimum absolute atomic E-state index is 0.805. The summed E-state index contributed by atoms with van der Waals surface area (Å²) in [4.78, 5) is 8.22. The number of aryl methyl sites for hydroxylation is 1. The van der Waals surface area contributed by atoms with Crippen molar-refractivity contribution < 1.29 is 4.74 Å². The lowest BCUT2D eigenvalue weighted by Crippen LogP contribution is -2.19. The van der Waals surface area contributed by atoms with Crippen molar-refractivity contribution in [2.75, 3.05) is 14.2 Å². The summed E-state index contributed by atoms with van der Waals surface area (Å²) in [7, 11) is 3.87. The molecule has 138 valence electrons. The summed E-state index contributed by atoms with van der Waals surface area (Å²) in [6, 6.07) is 16.7. The number of thiazole rings is 1. The van der Waals surface area contributed by atoms with Crippen LogP contribution in [-0.2, 0) is 13.1 Å². The molecule has 0 aliphatic heterocycles. The molecule has 0 radical (unpaired) electrons. The number of imidazole rings is 1. The van der Waals surface area contributed by atoms with Gasteiger partial charge in [-0.3, -0.25) is 9.30 Å². The Balaban J connectivity index is 1.65. The molecule has 0 aliphatic carbocycles. The molecular formula is C22H23N3OS. The fourth-order valence-electron chi connectivity index (χ4n) is 3.44. The van der Waals surface area contributed by atoms with Gasteiger partial charge in [-0.15, -0.1) is 11.3 Å². The van der Waals surface area contributed by atoms with E-state index in [1.807, 2.05) is 12.1 Å². The van der Waals surface area contributed by atoms with Crippen molar-refractivity contribution in [3.8, 4) is 17.0 Å². The lowest BCUT2D eigenvalue weighted by atomic mass is 10.1. The molecule has 0 aliphatic rings. The third kappa shape index (κ3) is 3.61. The number of fused-ring (bicyclic) bond motifs is 1. The third-order valence-corrected chi connectivity index (χ3v) is 5.46. The lowest BCUT2D eigenvalue weighted by Gasteiger charge is -2.19. The van der Waals surface area contributed by atoms with Gasteiger partial charge >= 0.3 is 0 Å². The number of aromatic nitrogens is 2. The van der Waals surface area contributed by atoms with Gasteiger partial charge in [0.2, 0.25) is 0 Å². The number of benzene rings is 2. The van der Waals surface area contributed by atoms with Gasteiger partial charge in [0.1, 0.15) is 5.75 Å². The van der Waals surface area contributed by atoms with Gasteiger partial charge in [-0.05, 0) is 20.0 Å². The van der Waals surface area contributed by atoms with Crippen LogP contribution in [0.25, 0.3) is 16.2 Å². The number of hydrogen-bond acceptors (Lipinski definition) is 4. The molecule has 0 spiro atoms. The summed E-state index contributed by atoms with van der Waals surface area (Å²) >= 11 is 1.67. The van der Waals surface area contributed by atoms with Gasteiger partial charge in [-0.25, -0.2) is 4.98 Å². The van der Waals surface area contributed by atoms with Crippen LogP contribution in [0, 0.1) is 6.92 Å². The van der Waals surface area contributed by atoms with E-state index in [2.05, 4.69) is 71.2 Å². The highest BCUT2D eigenvalue weighted by atomic mass is 32.1. The normalized spacial score (nSPS) is 11.4. The highest BCUT2D eigenvalue weighted by molar-refractivity contribution is 7.15. The van der Waals surface area contributed by atoms with Crippen LogP contribution in [0.1, 0.15) is 16.8 Å². The van der Waals surface area contributed by atoms with Gasteiger partial charge < -0.3 is 4.74 Å². The molecule has 4 rings (SSSR count). The van der Waals surface area contributed by atoms with Crippen molar-refractivity contribution in [3.63, 3.8) is 0 Å². The smallest absolute Gasteiger partial charge is 0.194 e. The van der Waals surface area contributed by atoms with Gasteiger partial charge in [-0.1, -0.05) is 48.0 Å². The molecule has 2 heterocycles. The number of ether oxygens (including phenoxy) is 1. The van der Waals surface area contributed by atoms with Crippen LogP contribution in [0.2, 0.25) is 0 Å². The Morgan fingerprint density at radius 2 is 1.93 bits per heavy atom. The largest absolute Gasteiger partial charge is 0.496 e. The van der Waals surface area contributed by atoms with E-state index in [0.29, 0.717) is 0 Å². The summed E-state index contributed by atoms with van der Waals surface area (Å²) in [5.41, 5.74) is 5.88. The van der Waals surface area contributed by atoms with Crippen LogP contribution >= 0.6 is 11.3 Å². The highest BCUT2D eigenvalue weighted by Crippen LogP contribution is 2.28. The van der Waals surface area contributed by atoms with E-state index in [9.17, 15) is 0 Å². The van der Waals surface area contributed by atoms with Crippen LogP contribution in [0.5, 0.6) is 5.75 Å². The zero-order chi connectivity index (χ0) is 18.8. The molecule has 0 saturated heterocycles. The summed E-state index contributed by atoms with van der Waals surface area (Å²) in [6.45, 7) is 3.73. The zero-order valence-corrected chi connectivity index (χ0v) is 16.7. The molecule has 4 aromatic rings. The Morgan fingerprint density at radius 1 is 1.11 bits per heavy atom. The molecule has 5 heteroatoms. The van der Waals surface area contributed by atoms with Crippen LogP contribution in [0.3, 0.4) is 0 Å². The topological polar surface area (TPSA) is 29.8 Å². The van der Waals surface area contributed by atoms with Gasteiger partial charge in [0.05, 0.1) is 18.5 Å². The fraction of sp³-hybridized carbons (Fsp3) is 0.227.